The number of thioether (sulfide) groups is 1. The zero-order chi connectivity index (χ0) is 21.0. The van der Waals surface area contributed by atoms with Crippen LogP contribution in [0.3, 0.4) is 0 Å². The van der Waals surface area contributed by atoms with Gasteiger partial charge in [-0.15, -0.1) is 11.8 Å². The highest BCUT2D eigenvalue weighted by Crippen LogP contribution is 2.25. The maximum atomic E-state index is 13.1. The predicted octanol–water partition coefficient (Wildman–Crippen LogP) is 3.83. The summed E-state index contributed by atoms with van der Waals surface area (Å²) in [4.78, 5) is 13.9. The van der Waals surface area contributed by atoms with Crippen LogP contribution >= 0.6 is 11.8 Å². The highest BCUT2D eigenvalue weighted by molar-refractivity contribution is 7.98. The monoisotopic (exact) mass is 436 g/mol. The Morgan fingerprint density at radius 3 is 2.24 bits per heavy atom. The summed E-state index contributed by atoms with van der Waals surface area (Å²) in [5, 5.41) is 3.04. The van der Waals surface area contributed by atoms with E-state index in [2.05, 4.69) is 5.32 Å². The number of hydrogen-bond donors (Lipinski definition) is 1. The van der Waals surface area contributed by atoms with Gasteiger partial charge in [-0.3, -0.25) is 4.79 Å². The minimum atomic E-state index is -3.67. The van der Waals surface area contributed by atoms with Crippen molar-refractivity contribution < 1.29 is 17.6 Å². The van der Waals surface area contributed by atoms with E-state index in [4.69, 9.17) is 0 Å². The predicted molar refractivity (Wildman–Crippen MR) is 113 cm³/mol. The minimum Gasteiger partial charge on any atom is -0.349 e. The number of amides is 1. The van der Waals surface area contributed by atoms with E-state index in [-0.39, 0.29) is 35.9 Å². The quantitative estimate of drug-likeness (QED) is 0.699. The third-order valence-corrected chi connectivity index (χ3v) is 7.91. The third kappa shape index (κ3) is 5.18. The first-order valence-electron chi connectivity index (χ1n) is 9.51. The number of piperidine rings is 1. The van der Waals surface area contributed by atoms with E-state index in [0.717, 1.165) is 17.7 Å². The Bertz CT molecular complexity index is 939. The Balaban J connectivity index is 1.56. The molecule has 1 atom stereocenters. The summed E-state index contributed by atoms with van der Waals surface area (Å²) in [6.07, 6.45) is 2.94. The molecule has 0 aliphatic carbocycles. The van der Waals surface area contributed by atoms with Gasteiger partial charge in [-0.1, -0.05) is 12.1 Å². The highest BCUT2D eigenvalue weighted by Gasteiger charge is 2.32. The van der Waals surface area contributed by atoms with Gasteiger partial charge < -0.3 is 5.32 Å². The highest BCUT2D eigenvalue weighted by atomic mass is 32.2. The summed E-state index contributed by atoms with van der Waals surface area (Å²) in [6.45, 7) is 2.49. The molecule has 5 nitrogen and oxygen atoms in total. The molecule has 156 valence electrons. The maximum Gasteiger partial charge on any atom is 0.243 e. The van der Waals surface area contributed by atoms with Gasteiger partial charge in [0.15, 0.2) is 0 Å². The SMILES string of the molecule is CSc1ccc(C(C)NC(=O)C2CCN(S(=O)(=O)c3ccc(F)cc3)CC2)cc1. The van der Waals surface area contributed by atoms with Crippen LogP contribution in [0.4, 0.5) is 4.39 Å². The van der Waals surface area contributed by atoms with Crippen molar-refractivity contribution in [3.8, 4) is 0 Å². The topological polar surface area (TPSA) is 66.5 Å². The summed E-state index contributed by atoms with van der Waals surface area (Å²) >= 11 is 1.67. The van der Waals surface area contributed by atoms with Gasteiger partial charge in [0.2, 0.25) is 15.9 Å². The average Bonchev–Trinajstić information content (AvgIpc) is 2.74. The van der Waals surface area contributed by atoms with E-state index in [1.54, 1.807) is 11.8 Å². The van der Waals surface area contributed by atoms with Crippen molar-refractivity contribution in [2.45, 2.75) is 35.6 Å². The van der Waals surface area contributed by atoms with Gasteiger partial charge in [0.25, 0.3) is 0 Å². The molecule has 1 saturated heterocycles. The lowest BCUT2D eigenvalue weighted by Gasteiger charge is -2.31. The fourth-order valence-electron chi connectivity index (χ4n) is 3.42. The Kier molecular flexibility index (Phi) is 6.97. The lowest BCUT2D eigenvalue weighted by atomic mass is 9.96. The molecule has 1 unspecified atom stereocenters. The summed E-state index contributed by atoms with van der Waals surface area (Å²) in [5.41, 5.74) is 1.03. The molecule has 8 heteroatoms. The average molecular weight is 437 g/mol. The second kappa shape index (κ2) is 9.28. The molecule has 0 aromatic heterocycles. The normalized spacial score (nSPS) is 17.1. The second-order valence-corrected chi connectivity index (χ2v) is 9.95. The van der Waals surface area contributed by atoms with Crippen molar-refractivity contribution in [2.75, 3.05) is 19.3 Å². The van der Waals surface area contributed by atoms with Gasteiger partial charge >= 0.3 is 0 Å². The Labute approximate surface area is 175 Å². The first-order chi connectivity index (χ1) is 13.8. The first-order valence-corrected chi connectivity index (χ1v) is 12.2. The van der Waals surface area contributed by atoms with Gasteiger partial charge in [-0.25, -0.2) is 12.8 Å². The zero-order valence-electron chi connectivity index (χ0n) is 16.5. The molecule has 1 aliphatic rings. The molecule has 1 heterocycles. The molecule has 0 radical (unpaired) electrons. The van der Waals surface area contributed by atoms with Crippen molar-refractivity contribution in [1.29, 1.82) is 0 Å². The number of sulfonamides is 1. The molecule has 1 N–H and O–H groups in total. The van der Waals surface area contributed by atoms with Crippen LogP contribution in [0.5, 0.6) is 0 Å². The third-order valence-electron chi connectivity index (χ3n) is 5.25. The fraction of sp³-hybridized carbons (Fsp3) is 0.381. The van der Waals surface area contributed by atoms with E-state index in [1.165, 1.54) is 21.3 Å². The van der Waals surface area contributed by atoms with Gasteiger partial charge in [0.1, 0.15) is 5.82 Å². The molecule has 1 fully saturated rings. The maximum absolute atomic E-state index is 13.1. The fourth-order valence-corrected chi connectivity index (χ4v) is 5.30. The number of hydrogen-bond acceptors (Lipinski definition) is 4. The smallest absolute Gasteiger partial charge is 0.243 e. The lowest BCUT2D eigenvalue weighted by Crippen LogP contribution is -2.43. The number of benzene rings is 2. The van der Waals surface area contributed by atoms with Gasteiger partial charge in [0.05, 0.1) is 10.9 Å². The molecule has 0 spiro atoms. The molecule has 1 amide bonds. The molecular weight excluding hydrogens is 411 g/mol. The zero-order valence-corrected chi connectivity index (χ0v) is 18.1. The van der Waals surface area contributed by atoms with E-state index in [9.17, 15) is 17.6 Å². The first kappa shape index (κ1) is 21.8. The van der Waals surface area contributed by atoms with Gasteiger partial charge in [-0.2, -0.15) is 4.31 Å². The van der Waals surface area contributed by atoms with Gasteiger partial charge in [-0.05, 0) is 68.0 Å². The van der Waals surface area contributed by atoms with Crippen molar-refractivity contribution >= 4 is 27.7 Å². The van der Waals surface area contributed by atoms with Gasteiger partial charge in [0, 0.05) is 23.9 Å². The summed E-state index contributed by atoms with van der Waals surface area (Å²) in [6, 6.07) is 12.8. The van der Waals surface area contributed by atoms with Crippen LogP contribution in [-0.2, 0) is 14.8 Å². The van der Waals surface area contributed by atoms with Crippen LogP contribution in [0.15, 0.2) is 58.3 Å². The van der Waals surface area contributed by atoms with Crippen molar-refractivity contribution in [1.82, 2.24) is 9.62 Å². The molecule has 3 rings (SSSR count). The summed E-state index contributed by atoms with van der Waals surface area (Å²) in [7, 11) is -3.67. The van der Waals surface area contributed by atoms with E-state index >= 15 is 0 Å². The van der Waals surface area contributed by atoms with Crippen LogP contribution in [-0.4, -0.2) is 38.0 Å². The number of nitrogens with one attached hydrogen (secondary N) is 1. The molecule has 29 heavy (non-hydrogen) atoms. The lowest BCUT2D eigenvalue weighted by molar-refractivity contribution is -0.126. The Morgan fingerprint density at radius 2 is 1.69 bits per heavy atom. The molecule has 2 aromatic rings. The van der Waals surface area contributed by atoms with Crippen LogP contribution in [0, 0.1) is 11.7 Å². The van der Waals surface area contributed by atoms with Crippen molar-refractivity contribution in [3.05, 3.63) is 59.9 Å². The molecular formula is C21H25FN2O3S2. The van der Waals surface area contributed by atoms with Crippen LogP contribution < -0.4 is 5.32 Å². The van der Waals surface area contributed by atoms with Crippen LogP contribution in [0.2, 0.25) is 0 Å². The standard InChI is InChI=1S/C21H25FN2O3S2/c1-15(16-3-7-19(28-2)8-4-16)23-21(25)17-11-13-24(14-12-17)29(26,27)20-9-5-18(22)6-10-20/h3-10,15,17H,11-14H2,1-2H3,(H,23,25). The number of halogens is 1. The molecule has 0 saturated carbocycles. The van der Waals surface area contributed by atoms with Crippen LogP contribution in [0.25, 0.3) is 0 Å². The second-order valence-electron chi connectivity index (χ2n) is 7.14. The molecule has 1 aliphatic heterocycles. The Hall–Kier alpha value is -1.90. The van der Waals surface area contributed by atoms with Crippen molar-refractivity contribution in [2.24, 2.45) is 5.92 Å². The number of carbonyl (C=O) groups excluding carboxylic acids is 1. The van der Waals surface area contributed by atoms with E-state index in [1.807, 2.05) is 37.4 Å². The number of rotatable bonds is 6. The summed E-state index contributed by atoms with van der Waals surface area (Å²) < 4.78 is 39.8. The number of carbonyl (C=O) groups is 1. The minimum absolute atomic E-state index is 0.0507. The van der Waals surface area contributed by atoms with Crippen LogP contribution in [0.1, 0.15) is 31.4 Å². The van der Waals surface area contributed by atoms with E-state index in [0.29, 0.717) is 12.8 Å². The summed E-state index contributed by atoms with van der Waals surface area (Å²) in [5.74, 6) is -0.746. The molecule has 2 aromatic carbocycles. The van der Waals surface area contributed by atoms with E-state index < -0.39 is 15.8 Å². The Morgan fingerprint density at radius 1 is 1.10 bits per heavy atom. The molecule has 0 bridgehead atoms. The number of nitrogens with zero attached hydrogens (tertiary/aromatic N) is 1. The largest absolute Gasteiger partial charge is 0.349 e. The van der Waals surface area contributed by atoms with Crippen molar-refractivity contribution in [3.63, 3.8) is 0 Å².